The van der Waals surface area contributed by atoms with E-state index < -0.39 is 0 Å². The number of rotatable bonds is 0. The van der Waals surface area contributed by atoms with Crippen LogP contribution in [-0.2, 0) is 5.41 Å². The minimum absolute atomic E-state index is 0.238. The summed E-state index contributed by atoms with van der Waals surface area (Å²) in [7, 11) is 0. The van der Waals surface area contributed by atoms with Crippen LogP contribution in [0.25, 0.3) is 22.3 Å². The molecule has 0 aromatic heterocycles. The first kappa shape index (κ1) is 14.4. The van der Waals surface area contributed by atoms with Crippen LogP contribution in [0, 0.1) is 0 Å². The van der Waals surface area contributed by atoms with Gasteiger partial charge in [0.25, 0.3) is 0 Å². The van der Waals surface area contributed by atoms with Crippen molar-refractivity contribution in [2.45, 2.75) is 10.3 Å². The number of hydrogen-bond donors (Lipinski definition) is 1. The lowest BCUT2D eigenvalue weighted by Gasteiger charge is -2.30. The summed E-state index contributed by atoms with van der Waals surface area (Å²) in [5, 5.41) is 0. The molecule has 0 bridgehead atoms. The third-order valence-electron chi connectivity index (χ3n) is 5.98. The number of hydrogen-bond acceptors (Lipinski definition) is 1. The van der Waals surface area contributed by atoms with Crippen molar-refractivity contribution in [1.82, 2.24) is 0 Å². The van der Waals surface area contributed by atoms with Gasteiger partial charge in [-0.15, -0.1) is 12.6 Å². The average molecular weight is 348 g/mol. The van der Waals surface area contributed by atoms with Crippen LogP contribution in [0.15, 0.2) is 95.9 Å². The van der Waals surface area contributed by atoms with Gasteiger partial charge in [-0.3, -0.25) is 0 Å². The first-order valence-electron chi connectivity index (χ1n) is 8.94. The van der Waals surface area contributed by atoms with Crippen LogP contribution < -0.4 is 0 Å². The fourth-order valence-corrected chi connectivity index (χ4v) is 5.29. The zero-order valence-electron chi connectivity index (χ0n) is 14.1. The van der Waals surface area contributed by atoms with Gasteiger partial charge in [-0.25, -0.2) is 0 Å². The van der Waals surface area contributed by atoms with Crippen LogP contribution in [-0.4, -0.2) is 0 Å². The number of benzene rings is 4. The van der Waals surface area contributed by atoms with Gasteiger partial charge in [-0.05, 0) is 56.6 Å². The van der Waals surface area contributed by atoms with Gasteiger partial charge in [0, 0.05) is 4.90 Å². The highest BCUT2D eigenvalue weighted by Gasteiger charge is 2.51. The largest absolute Gasteiger partial charge is 0.143 e. The monoisotopic (exact) mass is 348 g/mol. The van der Waals surface area contributed by atoms with Gasteiger partial charge in [0.2, 0.25) is 0 Å². The molecule has 2 aliphatic rings. The van der Waals surface area contributed by atoms with Crippen LogP contribution >= 0.6 is 12.6 Å². The van der Waals surface area contributed by atoms with Gasteiger partial charge in [0.1, 0.15) is 0 Å². The molecule has 1 heteroatoms. The van der Waals surface area contributed by atoms with E-state index in [0.717, 1.165) is 4.90 Å². The predicted molar refractivity (Wildman–Crippen MR) is 110 cm³/mol. The molecule has 6 rings (SSSR count). The lowest BCUT2D eigenvalue weighted by atomic mass is 9.70. The van der Waals surface area contributed by atoms with Crippen LogP contribution in [0.2, 0.25) is 0 Å². The van der Waals surface area contributed by atoms with Crippen molar-refractivity contribution < 1.29 is 0 Å². The van der Waals surface area contributed by atoms with Gasteiger partial charge < -0.3 is 0 Å². The van der Waals surface area contributed by atoms with Crippen LogP contribution in [0.3, 0.4) is 0 Å². The molecular weight excluding hydrogens is 332 g/mol. The molecule has 0 radical (unpaired) electrons. The molecule has 0 saturated heterocycles. The molecule has 122 valence electrons. The van der Waals surface area contributed by atoms with E-state index in [-0.39, 0.29) is 5.41 Å². The van der Waals surface area contributed by atoms with E-state index in [1.165, 1.54) is 44.5 Å². The maximum Gasteiger partial charge on any atom is 0.0725 e. The van der Waals surface area contributed by atoms with Gasteiger partial charge >= 0.3 is 0 Å². The summed E-state index contributed by atoms with van der Waals surface area (Å²) in [6.07, 6.45) is 0. The molecule has 0 heterocycles. The van der Waals surface area contributed by atoms with Crippen LogP contribution in [0.4, 0.5) is 0 Å². The average Bonchev–Trinajstić information content (AvgIpc) is 3.15. The predicted octanol–water partition coefficient (Wildman–Crippen LogP) is 6.32. The maximum absolute atomic E-state index is 4.68. The Bertz CT molecular complexity index is 1140. The Labute approximate surface area is 158 Å². The Balaban J connectivity index is 1.88. The van der Waals surface area contributed by atoms with Gasteiger partial charge in [0.05, 0.1) is 5.41 Å². The van der Waals surface area contributed by atoms with E-state index in [2.05, 4.69) is 104 Å². The Morgan fingerprint density at radius 3 is 1.38 bits per heavy atom. The molecule has 2 aliphatic carbocycles. The molecule has 4 aromatic rings. The lowest BCUT2D eigenvalue weighted by molar-refractivity contribution is 0.791. The highest BCUT2D eigenvalue weighted by Crippen LogP contribution is 2.62. The van der Waals surface area contributed by atoms with E-state index in [1.807, 2.05) is 0 Å². The van der Waals surface area contributed by atoms with E-state index in [0.29, 0.717) is 0 Å². The Kier molecular flexibility index (Phi) is 2.71. The molecule has 26 heavy (non-hydrogen) atoms. The van der Waals surface area contributed by atoms with E-state index >= 15 is 0 Å². The van der Waals surface area contributed by atoms with Crippen molar-refractivity contribution in [2.75, 3.05) is 0 Å². The topological polar surface area (TPSA) is 0 Å². The Morgan fingerprint density at radius 1 is 0.462 bits per heavy atom. The standard InChI is InChI=1S/C25H16S/c26-16-13-14-20-19-9-3-6-12-23(19)25(24(20)15-16)21-10-4-1-7-17(21)18-8-2-5-11-22(18)25/h1-15,26H. The summed E-state index contributed by atoms with van der Waals surface area (Å²) >= 11 is 4.68. The van der Waals surface area contributed by atoms with Gasteiger partial charge in [-0.1, -0.05) is 78.9 Å². The molecule has 0 atom stereocenters. The first-order chi connectivity index (χ1) is 12.8. The van der Waals surface area contributed by atoms with E-state index in [4.69, 9.17) is 0 Å². The summed E-state index contributed by atoms with van der Waals surface area (Å²) in [5.74, 6) is 0. The highest BCUT2D eigenvalue weighted by atomic mass is 32.1. The molecule has 0 amide bonds. The third-order valence-corrected chi connectivity index (χ3v) is 6.26. The minimum Gasteiger partial charge on any atom is -0.143 e. The second-order valence-electron chi connectivity index (χ2n) is 7.12. The second kappa shape index (κ2) is 4.90. The molecule has 4 aromatic carbocycles. The summed E-state index contributed by atoms with van der Waals surface area (Å²) in [4.78, 5) is 1.01. The van der Waals surface area contributed by atoms with Gasteiger partial charge in [0.15, 0.2) is 0 Å². The molecule has 0 unspecified atom stereocenters. The second-order valence-corrected chi connectivity index (χ2v) is 7.63. The first-order valence-corrected chi connectivity index (χ1v) is 9.39. The fraction of sp³-hybridized carbons (Fsp3) is 0.0400. The number of thiol groups is 1. The molecule has 1 spiro atoms. The molecule has 0 fully saturated rings. The van der Waals surface area contributed by atoms with Crippen molar-refractivity contribution in [3.8, 4) is 22.3 Å². The number of fused-ring (bicyclic) bond motifs is 10. The smallest absolute Gasteiger partial charge is 0.0725 e. The summed E-state index contributed by atoms with van der Waals surface area (Å²) in [6.45, 7) is 0. The molecule has 0 saturated carbocycles. The fourth-order valence-electron chi connectivity index (χ4n) is 5.08. The van der Waals surface area contributed by atoms with Crippen molar-refractivity contribution >= 4 is 12.6 Å². The van der Waals surface area contributed by atoms with Gasteiger partial charge in [-0.2, -0.15) is 0 Å². The molecule has 0 N–H and O–H groups in total. The third kappa shape index (κ3) is 1.54. The quantitative estimate of drug-likeness (QED) is 0.305. The van der Waals surface area contributed by atoms with Crippen LogP contribution in [0.1, 0.15) is 22.3 Å². The lowest BCUT2D eigenvalue weighted by Crippen LogP contribution is -2.25. The SMILES string of the molecule is Sc1ccc2c(c1)C1(c3ccccc3-c3ccccc31)c1ccccc1-2. The van der Waals surface area contributed by atoms with E-state index in [9.17, 15) is 0 Å². The van der Waals surface area contributed by atoms with Crippen molar-refractivity contribution in [3.63, 3.8) is 0 Å². The van der Waals surface area contributed by atoms with Crippen LogP contribution in [0.5, 0.6) is 0 Å². The highest BCUT2D eigenvalue weighted by molar-refractivity contribution is 7.80. The molecule has 0 aliphatic heterocycles. The zero-order chi connectivity index (χ0) is 17.3. The van der Waals surface area contributed by atoms with Crippen molar-refractivity contribution in [3.05, 3.63) is 113 Å². The van der Waals surface area contributed by atoms with E-state index in [1.54, 1.807) is 0 Å². The Morgan fingerprint density at radius 2 is 0.885 bits per heavy atom. The van der Waals surface area contributed by atoms with Crippen molar-refractivity contribution in [1.29, 1.82) is 0 Å². The van der Waals surface area contributed by atoms with Crippen molar-refractivity contribution in [2.24, 2.45) is 0 Å². The normalized spacial score (nSPS) is 14.7. The minimum atomic E-state index is -0.238. The summed E-state index contributed by atoms with van der Waals surface area (Å²) in [5.41, 5.74) is 10.6. The Hall–Kier alpha value is -2.77. The molecular formula is C25H16S. The molecule has 0 nitrogen and oxygen atoms in total. The maximum atomic E-state index is 4.68. The zero-order valence-corrected chi connectivity index (χ0v) is 15.0. The summed E-state index contributed by atoms with van der Waals surface area (Å²) in [6, 6.07) is 33.2. The summed E-state index contributed by atoms with van der Waals surface area (Å²) < 4.78 is 0.